The first-order valence-electron chi connectivity index (χ1n) is 29.4. The molecule has 0 spiro atoms. The van der Waals surface area contributed by atoms with E-state index in [1.54, 1.807) is 49.1 Å². The van der Waals surface area contributed by atoms with E-state index in [1.165, 1.54) is 23.6 Å². The number of hydrogen-bond acceptors (Lipinski definition) is 11. The molecule has 4 aromatic heterocycles. The second-order valence-corrected chi connectivity index (χ2v) is 23.1. The Morgan fingerprint density at radius 2 is 0.807 bits per heavy atom. The first-order chi connectivity index (χ1) is 42.7. The average Bonchev–Trinajstić information content (AvgIpc) is 1.52. The van der Waals surface area contributed by atoms with Gasteiger partial charge in [0.05, 0.1) is 11.4 Å². The summed E-state index contributed by atoms with van der Waals surface area (Å²) in [4.78, 5) is 87.0. The van der Waals surface area contributed by atoms with Crippen molar-refractivity contribution >= 4 is 29.4 Å². The van der Waals surface area contributed by atoms with Crippen LogP contribution in [0.4, 0.5) is 0 Å². The minimum absolute atomic E-state index is 0.117. The summed E-state index contributed by atoms with van der Waals surface area (Å²) in [5, 5.41) is 25.7. The van der Waals surface area contributed by atoms with Crippen LogP contribution in [0.3, 0.4) is 0 Å². The Kier molecular flexibility index (Phi) is 15.6. The van der Waals surface area contributed by atoms with Crippen LogP contribution in [0, 0.1) is 22.7 Å². The SMILES string of the molecule is C=CCN1C(=O)C2=C(C1=O)C1(C(c3ccccc3)c3ccccn3)C=C(C(O)(c3ccccc3)c3ccccn3)C2C1.C=CCN1C(=O)C2=C(C1=O)C1(C(c3ccccc3)c3ccccn3)C=C(C(O)(c3ccccc3)c3ccccn3)C2C1.CC(C)=O. The zero-order valence-corrected chi connectivity index (χ0v) is 48.8. The van der Waals surface area contributed by atoms with Gasteiger partial charge in [-0.25, -0.2) is 0 Å². The molecule has 8 atom stereocenters. The standard InChI is InChI=1S/2C36H29N3O3.C3H6O/c2*1-2-21-39-33(40)30-26-22-35(32(30)34(39)41,31(24-13-5-3-6-14-24)28-17-9-11-19-37-28)23-27(26)36(42,25-15-7-4-8-16-25)29-18-10-12-20-38-29;1-3(2)4/h2*2-20,23,26,31,42H,1,21-22H2;1-2H3. The van der Waals surface area contributed by atoms with Crippen molar-refractivity contribution in [1.82, 2.24) is 29.7 Å². The Morgan fingerprint density at radius 1 is 0.489 bits per heavy atom. The van der Waals surface area contributed by atoms with Crippen molar-refractivity contribution in [1.29, 1.82) is 0 Å². The van der Waals surface area contributed by atoms with Crippen molar-refractivity contribution in [2.75, 3.05) is 13.1 Å². The number of allylic oxidation sites excluding steroid dienone is 2. The molecule has 8 unspecified atom stereocenters. The number of aromatic nitrogens is 4. The van der Waals surface area contributed by atoms with E-state index in [4.69, 9.17) is 9.97 Å². The van der Waals surface area contributed by atoms with E-state index in [2.05, 4.69) is 35.3 Å². The van der Waals surface area contributed by atoms with Gasteiger partial charge in [-0.15, -0.1) is 13.2 Å². The lowest BCUT2D eigenvalue weighted by Crippen LogP contribution is -2.38. The van der Waals surface area contributed by atoms with Crippen LogP contribution < -0.4 is 0 Å². The number of nitrogens with zero attached hydrogens (tertiary/aromatic N) is 6. The highest BCUT2D eigenvalue weighted by Crippen LogP contribution is 2.70. The highest BCUT2D eigenvalue weighted by molar-refractivity contribution is 6.23. The molecule has 6 aliphatic rings. The van der Waals surface area contributed by atoms with E-state index < -0.39 is 33.9 Å². The minimum atomic E-state index is -1.63. The number of ketones is 1. The number of fused-ring (bicyclic) bond motifs is 8. The Hall–Kier alpha value is -10.2. The lowest BCUT2D eigenvalue weighted by Gasteiger charge is -2.37. The van der Waals surface area contributed by atoms with Crippen LogP contribution in [0.25, 0.3) is 0 Å². The molecule has 4 amide bonds. The summed E-state index contributed by atoms with van der Waals surface area (Å²) in [6.07, 6.45) is 15.0. The first-order valence-corrected chi connectivity index (χ1v) is 29.4. The summed E-state index contributed by atoms with van der Waals surface area (Å²) in [6.45, 7) is 10.9. The molecule has 6 heterocycles. The van der Waals surface area contributed by atoms with E-state index in [-0.39, 0.29) is 54.3 Å². The third-order valence-electron chi connectivity index (χ3n) is 17.9. The summed E-state index contributed by atoms with van der Waals surface area (Å²) in [6, 6.07) is 61.3. The lowest BCUT2D eigenvalue weighted by atomic mass is 9.66. The molecule has 4 aromatic carbocycles. The van der Waals surface area contributed by atoms with E-state index >= 15 is 0 Å². The maximum Gasteiger partial charge on any atom is 0.258 e. The minimum Gasteiger partial charge on any atom is -0.375 e. The van der Waals surface area contributed by atoms with Gasteiger partial charge >= 0.3 is 0 Å². The van der Waals surface area contributed by atoms with Crippen molar-refractivity contribution in [2.24, 2.45) is 22.7 Å². The highest BCUT2D eigenvalue weighted by Gasteiger charge is 2.67. The van der Waals surface area contributed by atoms with Crippen molar-refractivity contribution < 1.29 is 34.2 Å². The van der Waals surface area contributed by atoms with Crippen LogP contribution >= 0.6 is 0 Å². The number of Topliss-reactive ketones (excluding diaryl/α,β-unsaturated/α-hetero) is 1. The summed E-state index contributed by atoms with van der Waals surface area (Å²) in [7, 11) is 0. The van der Waals surface area contributed by atoms with Crippen LogP contribution in [-0.2, 0) is 35.2 Å². The van der Waals surface area contributed by atoms with Crippen molar-refractivity contribution in [3.05, 3.63) is 335 Å². The molecule has 4 bridgehead atoms. The van der Waals surface area contributed by atoms with Crippen LogP contribution in [-0.4, -0.2) is 82.5 Å². The number of imide groups is 2. The number of carbonyl (C=O) groups is 5. The number of hydrogen-bond donors (Lipinski definition) is 2. The molecule has 88 heavy (non-hydrogen) atoms. The maximum atomic E-state index is 14.1. The van der Waals surface area contributed by atoms with Gasteiger partial charge in [0.25, 0.3) is 23.6 Å². The van der Waals surface area contributed by atoms with E-state index in [9.17, 15) is 34.2 Å². The fourth-order valence-corrected chi connectivity index (χ4v) is 14.6. The summed E-state index contributed by atoms with van der Waals surface area (Å²) in [5.74, 6) is -2.82. The fourth-order valence-electron chi connectivity index (χ4n) is 14.6. The Balaban J connectivity index is 0.000000162. The number of likely N-dealkylation sites (tertiary alicyclic amines) is 2. The quantitative estimate of drug-likeness (QED) is 0.0693. The van der Waals surface area contributed by atoms with Gasteiger partial charge in [-0.2, -0.15) is 0 Å². The fraction of sp³-hybridized carbons (Fsp3) is 0.187. The molecule has 13 nitrogen and oxygen atoms in total. The van der Waals surface area contributed by atoms with Crippen molar-refractivity contribution in [3.8, 4) is 0 Å². The Morgan fingerprint density at radius 3 is 1.11 bits per heavy atom. The topological polar surface area (TPSA) is 184 Å². The molecule has 436 valence electrons. The zero-order valence-electron chi connectivity index (χ0n) is 48.8. The average molecular weight is 1160 g/mol. The maximum absolute atomic E-state index is 14.1. The van der Waals surface area contributed by atoms with Gasteiger partial charge in [-0.1, -0.05) is 170 Å². The largest absolute Gasteiger partial charge is 0.375 e. The molecule has 2 aliphatic heterocycles. The predicted octanol–water partition coefficient (Wildman–Crippen LogP) is 11.3. The molecule has 0 saturated heterocycles. The molecule has 4 aliphatic carbocycles. The number of benzene rings is 4. The molecular weight excluding hydrogens is 1100 g/mol. The van der Waals surface area contributed by atoms with E-state index in [1.807, 2.05) is 182 Å². The first kappa shape index (κ1) is 58.2. The second kappa shape index (κ2) is 23.6. The highest BCUT2D eigenvalue weighted by atomic mass is 16.3. The van der Waals surface area contributed by atoms with Gasteiger partial charge in [0, 0.05) is 106 Å². The molecule has 0 radical (unpaired) electrons. The number of rotatable bonds is 16. The Labute approximate surface area is 511 Å². The molecule has 14 rings (SSSR count). The summed E-state index contributed by atoms with van der Waals surface area (Å²) < 4.78 is 0. The number of amides is 4. The molecule has 8 aromatic rings. The number of carbonyl (C=O) groups excluding carboxylic acids is 5. The van der Waals surface area contributed by atoms with Crippen LogP contribution in [0.15, 0.2) is 290 Å². The van der Waals surface area contributed by atoms with Gasteiger partial charge in [0.15, 0.2) is 11.2 Å². The van der Waals surface area contributed by atoms with Crippen molar-refractivity contribution in [3.63, 3.8) is 0 Å². The molecule has 13 heteroatoms. The van der Waals surface area contributed by atoms with E-state index in [0.29, 0.717) is 68.8 Å². The lowest BCUT2D eigenvalue weighted by molar-refractivity contribution is -0.139. The normalized spacial score (nSPS) is 22.3. The smallest absolute Gasteiger partial charge is 0.258 e. The summed E-state index contributed by atoms with van der Waals surface area (Å²) >= 11 is 0. The zero-order chi connectivity index (χ0) is 61.4. The van der Waals surface area contributed by atoms with Gasteiger partial charge in [-0.3, -0.25) is 48.9 Å². The van der Waals surface area contributed by atoms with Gasteiger partial charge in [-0.05, 0) is 109 Å². The van der Waals surface area contributed by atoms with Crippen molar-refractivity contribution in [2.45, 2.75) is 49.7 Å². The van der Waals surface area contributed by atoms with Gasteiger partial charge in [0.1, 0.15) is 5.78 Å². The van der Waals surface area contributed by atoms with Gasteiger partial charge in [0.2, 0.25) is 0 Å². The monoisotopic (exact) mass is 1160 g/mol. The Bertz CT molecular complexity index is 3720. The molecular formula is C75H64N6O7. The molecule has 0 saturated carbocycles. The number of pyridine rings is 4. The molecule has 2 N–H and O–H groups in total. The van der Waals surface area contributed by atoms with Crippen LogP contribution in [0.5, 0.6) is 0 Å². The third kappa shape index (κ3) is 9.45. The van der Waals surface area contributed by atoms with Gasteiger partial charge < -0.3 is 15.0 Å². The van der Waals surface area contributed by atoms with Crippen LogP contribution in [0.2, 0.25) is 0 Å². The number of aliphatic hydroxyl groups is 2. The summed E-state index contributed by atoms with van der Waals surface area (Å²) in [5.41, 5.74) is 3.86. The second-order valence-electron chi connectivity index (χ2n) is 23.1. The van der Waals surface area contributed by atoms with Crippen LogP contribution in [0.1, 0.15) is 83.6 Å². The third-order valence-corrected chi connectivity index (χ3v) is 17.9. The molecule has 0 fully saturated rings. The predicted molar refractivity (Wildman–Crippen MR) is 334 cm³/mol. The van der Waals surface area contributed by atoms with E-state index in [0.717, 1.165) is 22.5 Å².